The molecule has 5 heterocycles. The van der Waals surface area contributed by atoms with Crippen molar-refractivity contribution in [1.82, 2.24) is 34.4 Å². The number of likely N-dealkylation sites (N-methyl/N-ethyl adjacent to an activating group) is 1. The van der Waals surface area contributed by atoms with Gasteiger partial charge < -0.3 is 29.6 Å². The quantitative estimate of drug-likeness (QED) is 0.394. The Balaban J connectivity index is 1.38. The highest BCUT2D eigenvalue weighted by Crippen LogP contribution is 2.37. The molecule has 0 bridgehead atoms. The highest BCUT2D eigenvalue weighted by molar-refractivity contribution is 6.00. The number of anilines is 1. The Morgan fingerprint density at radius 1 is 1.11 bits per heavy atom. The van der Waals surface area contributed by atoms with Crippen molar-refractivity contribution in [3.05, 3.63) is 42.4 Å². The fourth-order valence-corrected chi connectivity index (χ4v) is 5.57. The zero-order valence-corrected chi connectivity index (χ0v) is 21.5. The molecule has 0 radical (unpaired) electrons. The van der Waals surface area contributed by atoms with Gasteiger partial charge in [0.15, 0.2) is 5.65 Å². The van der Waals surface area contributed by atoms with Crippen LogP contribution in [0.1, 0.15) is 29.2 Å². The number of hydrogen-bond acceptors (Lipinski definition) is 8. The number of nitrogens with one attached hydrogen (secondary N) is 2. The zero-order chi connectivity index (χ0) is 25.7. The number of carbonyl (C=O) groups is 1. The van der Waals surface area contributed by atoms with E-state index in [4.69, 9.17) is 19.4 Å². The minimum absolute atomic E-state index is 0.00336. The molecule has 2 fully saturated rings. The Hall–Kier alpha value is -3.54. The Labute approximate surface area is 215 Å². The number of hydrogen-bond donors (Lipinski definition) is 2. The number of nitrogens with zero attached hydrogens (tertiary/aromatic N) is 6. The second-order valence-corrected chi connectivity index (χ2v) is 9.89. The summed E-state index contributed by atoms with van der Waals surface area (Å²) in [5.74, 6) is 1.41. The number of fused-ring (bicyclic) bond motifs is 2. The number of carbonyl (C=O) groups excluding carboxylic acids is 1. The third kappa shape index (κ3) is 3.94. The first-order valence-corrected chi connectivity index (χ1v) is 12.6. The van der Waals surface area contributed by atoms with E-state index in [9.17, 15) is 4.79 Å². The van der Waals surface area contributed by atoms with E-state index in [0.29, 0.717) is 11.2 Å². The summed E-state index contributed by atoms with van der Waals surface area (Å²) in [4.78, 5) is 25.1. The summed E-state index contributed by atoms with van der Waals surface area (Å²) in [7, 11) is 7.37. The number of rotatable bonds is 7. The van der Waals surface area contributed by atoms with Gasteiger partial charge in [-0.25, -0.2) is 9.97 Å². The summed E-state index contributed by atoms with van der Waals surface area (Å²) in [6, 6.07) is 6.20. The Kier molecular flexibility index (Phi) is 6.06. The minimum atomic E-state index is -0.201. The molecule has 1 saturated heterocycles. The Bertz CT molecular complexity index is 1410. The predicted molar refractivity (Wildman–Crippen MR) is 139 cm³/mol. The van der Waals surface area contributed by atoms with Gasteiger partial charge in [0, 0.05) is 63.9 Å². The minimum Gasteiger partial charge on any atom is -0.379 e. The van der Waals surface area contributed by atoms with E-state index in [1.54, 1.807) is 24.9 Å². The van der Waals surface area contributed by atoms with Crippen LogP contribution in [0, 0.1) is 0 Å². The summed E-state index contributed by atoms with van der Waals surface area (Å²) in [5.41, 5.74) is 3.53. The van der Waals surface area contributed by atoms with Crippen molar-refractivity contribution < 1.29 is 14.3 Å². The van der Waals surface area contributed by atoms with E-state index < -0.39 is 0 Å². The van der Waals surface area contributed by atoms with Gasteiger partial charge >= 0.3 is 0 Å². The van der Waals surface area contributed by atoms with Gasteiger partial charge in [-0.3, -0.25) is 4.79 Å². The van der Waals surface area contributed by atoms with Crippen LogP contribution in [0.5, 0.6) is 0 Å². The van der Waals surface area contributed by atoms with Crippen molar-refractivity contribution in [2.24, 2.45) is 0 Å². The summed E-state index contributed by atoms with van der Waals surface area (Å²) in [6.45, 7) is 1.76. The Morgan fingerprint density at radius 3 is 2.68 bits per heavy atom. The van der Waals surface area contributed by atoms with E-state index in [-0.39, 0.29) is 30.2 Å². The Morgan fingerprint density at radius 2 is 1.95 bits per heavy atom. The summed E-state index contributed by atoms with van der Waals surface area (Å²) < 4.78 is 15.1. The van der Waals surface area contributed by atoms with E-state index in [1.807, 2.05) is 25.4 Å². The molecule has 1 amide bonds. The summed E-state index contributed by atoms with van der Waals surface area (Å²) in [5, 5.41) is 10.7. The molecule has 1 aliphatic carbocycles. The zero-order valence-electron chi connectivity index (χ0n) is 21.5. The van der Waals surface area contributed by atoms with E-state index in [2.05, 4.69) is 44.5 Å². The van der Waals surface area contributed by atoms with Gasteiger partial charge in [-0.15, -0.1) is 0 Å². The lowest BCUT2D eigenvalue weighted by Crippen LogP contribution is -2.51. The van der Waals surface area contributed by atoms with E-state index >= 15 is 0 Å². The molecule has 0 spiro atoms. The maximum absolute atomic E-state index is 13.2. The monoisotopic (exact) mass is 504 g/mol. The van der Waals surface area contributed by atoms with Crippen LogP contribution in [-0.2, 0) is 9.47 Å². The summed E-state index contributed by atoms with van der Waals surface area (Å²) in [6.07, 6.45) is 7.48. The van der Waals surface area contributed by atoms with E-state index in [1.165, 1.54) is 0 Å². The molecule has 2 N–H and O–H groups in total. The molecule has 11 heteroatoms. The molecule has 2 aromatic rings. The lowest BCUT2D eigenvalue weighted by molar-refractivity contribution is 0.00732. The van der Waals surface area contributed by atoms with Crippen LogP contribution in [-0.4, -0.2) is 94.6 Å². The van der Waals surface area contributed by atoms with Crippen molar-refractivity contribution in [3.63, 3.8) is 0 Å². The van der Waals surface area contributed by atoms with Crippen molar-refractivity contribution in [3.8, 4) is 22.6 Å². The van der Waals surface area contributed by atoms with Crippen molar-refractivity contribution >= 4 is 17.4 Å². The second-order valence-electron chi connectivity index (χ2n) is 9.89. The van der Waals surface area contributed by atoms with Crippen LogP contribution in [0.15, 0.2) is 36.8 Å². The molecule has 4 aliphatic rings. The molecule has 3 aliphatic heterocycles. The maximum Gasteiger partial charge on any atom is 0.257 e. The van der Waals surface area contributed by atoms with Crippen LogP contribution in [0.25, 0.3) is 28.3 Å². The third-order valence-corrected chi connectivity index (χ3v) is 7.76. The maximum atomic E-state index is 13.2. The molecule has 37 heavy (non-hydrogen) atoms. The molecular weight excluding hydrogens is 472 g/mol. The van der Waals surface area contributed by atoms with Gasteiger partial charge in [-0.2, -0.15) is 9.61 Å². The normalized spacial score (nSPS) is 24.0. The highest BCUT2D eigenvalue weighted by Gasteiger charge is 2.35. The molecule has 194 valence electrons. The first kappa shape index (κ1) is 23.8. The fourth-order valence-electron chi connectivity index (χ4n) is 5.57. The number of methoxy groups -OCH3 is 2. The topological polar surface area (TPSA) is 111 Å². The summed E-state index contributed by atoms with van der Waals surface area (Å²) >= 11 is 0. The first-order valence-electron chi connectivity index (χ1n) is 12.6. The number of likely N-dealkylation sites (tertiary alicyclic amines) is 1. The smallest absolute Gasteiger partial charge is 0.257 e. The van der Waals surface area contributed by atoms with Gasteiger partial charge in [-0.1, -0.05) is 0 Å². The number of aromatic nitrogens is 5. The van der Waals surface area contributed by atoms with Crippen molar-refractivity contribution in [2.45, 2.75) is 37.1 Å². The molecule has 2 aromatic heterocycles. The van der Waals surface area contributed by atoms with Crippen LogP contribution in [0.3, 0.4) is 0 Å². The molecule has 11 nitrogen and oxygen atoms in total. The molecule has 4 atom stereocenters. The first-order chi connectivity index (χ1) is 18.0. The lowest BCUT2D eigenvalue weighted by atomic mass is 9.89. The van der Waals surface area contributed by atoms with Crippen LogP contribution >= 0.6 is 0 Å². The van der Waals surface area contributed by atoms with Crippen molar-refractivity contribution in [1.29, 1.82) is 0 Å². The van der Waals surface area contributed by atoms with Gasteiger partial charge in [0.1, 0.15) is 17.2 Å². The molecule has 0 unspecified atom stereocenters. The molecule has 0 aromatic carbocycles. The number of ether oxygens (including phenoxy) is 2. The highest BCUT2D eigenvalue weighted by atomic mass is 16.5. The SMILES string of the molecule is CNc1cc(-c2cnc3n([C@@H]4CN(C)C[C@H]4OC)cccc2-3)nc2c(C(=O)N[C@H]3CC[C@@H]3OC)cnn12. The fraction of sp³-hybridized carbons (Fsp3) is 0.462. The second kappa shape index (κ2) is 9.40. The van der Waals surface area contributed by atoms with Gasteiger partial charge in [-0.05, 0) is 32.0 Å². The lowest BCUT2D eigenvalue weighted by Gasteiger charge is -2.35. The standard InChI is InChI=1S/C26H32N8O3/c1-27-23-10-19(30-25-17(12-29-34(23)25)26(35)31-18-7-8-21(18)36-3)16-11-28-24-15(16)6-5-9-33(24)20-13-32(2)14-22(20)37-4/h5-6,9-12,18,20-22,27H,7-8,13-14H2,1-4H3,(H,31,35)/t18-,20+,21-,22+/m0/s1. The average molecular weight is 505 g/mol. The number of pyridine rings is 1. The predicted octanol–water partition coefficient (Wildman–Crippen LogP) is 2.15. The average Bonchev–Trinajstić information content (AvgIpc) is 3.62. The van der Waals surface area contributed by atoms with Gasteiger partial charge in [0.25, 0.3) is 5.91 Å². The van der Waals surface area contributed by atoms with E-state index in [0.717, 1.165) is 54.4 Å². The molecule has 6 rings (SSSR count). The molecular formula is C26H32N8O3. The largest absolute Gasteiger partial charge is 0.379 e. The van der Waals surface area contributed by atoms with Crippen LogP contribution in [0.4, 0.5) is 5.82 Å². The van der Waals surface area contributed by atoms with Gasteiger partial charge in [0.2, 0.25) is 0 Å². The van der Waals surface area contributed by atoms with Crippen molar-refractivity contribution in [2.75, 3.05) is 46.7 Å². The van der Waals surface area contributed by atoms with Gasteiger partial charge in [0.05, 0.1) is 36.2 Å². The molecule has 1 saturated carbocycles. The van der Waals surface area contributed by atoms with Crippen LogP contribution < -0.4 is 10.6 Å². The third-order valence-electron chi connectivity index (χ3n) is 7.76. The van der Waals surface area contributed by atoms with Crippen LogP contribution in [0.2, 0.25) is 0 Å². The number of amides is 1.